The van der Waals surface area contributed by atoms with Gasteiger partial charge in [-0.3, -0.25) is 9.78 Å². The normalized spacial score (nSPS) is 11.5. The Kier molecular flexibility index (Phi) is 4.62. The van der Waals surface area contributed by atoms with Crippen molar-refractivity contribution in [3.8, 4) is 0 Å². The monoisotopic (exact) mass is 284 g/mol. The Morgan fingerprint density at radius 2 is 2.06 bits per heavy atom. The molecule has 0 saturated heterocycles. The van der Waals surface area contributed by atoms with Crippen LogP contribution in [0.4, 0.5) is 0 Å². The second-order valence-corrected chi connectivity index (χ2v) is 4.89. The molecule has 16 heavy (non-hydrogen) atoms. The summed E-state index contributed by atoms with van der Waals surface area (Å²) in [5.74, 6) is 0.0809. The van der Waals surface area contributed by atoms with Crippen molar-refractivity contribution in [3.63, 3.8) is 0 Å². The SMILES string of the molecule is CCC(N)(CC)C(=O)Cc1cncc(Br)c1. The molecule has 1 aromatic rings. The van der Waals surface area contributed by atoms with E-state index < -0.39 is 5.54 Å². The first-order valence-corrected chi connectivity index (χ1v) is 6.22. The molecule has 0 spiro atoms. The van der Waals surface area contributed by atoms with Crippen LogP contribution < -0.4 is 5.73 Å². The molecular weight excluding hydrogens is 268 g/mol. The number of Topliss-reactive ketones (excluding diaryl/α,β-unsaturated/α-hetero) is 1. The van der Waals surface area contributed by atoms with Crippen molar-refractivity contribution in [2.75, 3.05) is 0 Å². The molecule has 1 heterocycles. The molecule has 3 nitrogen and oxygen atoms in total. The van der Waals surface area contributed by atoms with Crippen LogP contribution in [-0.2, 0) is 11.2 Å². The van der Waals surface area contributed by atoms with Crippen molar-refractivity contribution in [2.24, 2.45) is 5.73 Å². The van der Waals surface area contributed by atoms with E-state index in [0.29, 0.717) is 19.3 Å². The number of ketones is 1. The van der Waals surface area contributed by atoms with Gasteiger partial charge in [0, 0.05) is 23.3 Å². The predicted octanol–water partition coefficient (Wildman–Crippen LogP) is 2.47. The lowest BCUT2D eigenvalue weighted by Crippen LogP contribution is -2.47. The number of hydrogen-bond donors (Lipinski definition) is 1. The Hall–Kier alpha value is -0.740. The van der Waals surface area contributed by atoms with Gasteiger partial charge in [0.05, 0.1) is 5.54 Å². The third-order valence-electron chi connectivity index (χ3n) is 2.94. The van der Waals surface area contributed by atoms with Crippen LogP contribution in [0.25, 0.3) is 0 Å². The van der Waals surface area contributed by atoms with Gasteiger partial charge in [0.15, 0.2) is 5.78 Å². The molecule has 0 amide bonds. The second-order valence-electron chi connectivity index (χ2n) is 3.97. The van der Waals surface area contributed by atoms with E-state index in [4.69, 9.17) is 5.73 Å². The molecule has 0 aliphatic rings. The zero-order chi connectivity index (χ0) is 12.2. The lowest BCUT2D eigenvalue weighted by atomic mass is 9.86. The molecule has 0 aliphatic carbocycles. The van der Waals surface area contributed by atoms with Crippen LogP contribution in [0.15, 0.2) is 22.9 Å². The fraction of sp³-hybridized carbons (Fsp3) is 0.500. The standard InChI is InChI=1S/C12H17BrN2O/c1-3-12(14,4-2)11(16)6-9-5-10(13)8-15-7-9/h5,7-8H,3-4,6,14H2,1-2H3. The molecule has 1 aromatic heterocycles. The van der Waals surface area contributed by atoms with E-state index in [1.165, 1.54) is 0 Å². The van der Waals surface area contributed by atoms with Crippen LogP contribution in [0.3, 0.4) is 0 Å². The van der Waals surface area contributed by atoms with Gasteiger partial charge in [-0.2, -0.15) is 0 Å². The van der Waals surface area contributed by atoms with Crippen LogP contribution in [0, 0.1) is 0 Å². The van der Waals surface area contributed by atoms with Crippen molar-refractivity contribution in [2.45, 2.75) is 38.6 Å². The Labute approximate surface area is 105 Å². The molecule has 0 unspecified atom stereocenters. The summed E-state index contributed by atoms with van der Waals surface area (Å²) < 4.78 is 0.883. The Morgan fingerprint density at radius 3 is 2.56 bits per heavy atom. The maximum atomic E-state index is 12.0. The number of aromatic nitrogens is 1. The predicted molar refractivity (Wildman–Crippen MR) is 68.1 cm³/mol. The number of carbonyl (C=O) groups excluding carboxylic acids is 1. The molecule has 0 aliphatic heterocycles. The average molecular weight is 285 g/mol. The van der Waals surface area contributed by atoms with Gasteiger partial charge in [-0.15, -0.1) is 0 Å². The van der Waals surface area contributed by atoms with Crippen LogP contribution in [0.2, 0.25) is 0 Å². The van der Waals surface area contributed by atoms with Crippen LogP contribution in [0.1, 0.15) is 32.3 Å². The van der Waals surface area contributed by atoms with Crippen molar-refractivity contribution in [3.05, 3.63) is 28.5 Å². The summed E-state index contributed by atoms with van der Waals surface area (Å²) in [5.41, 5.74) is 6.25. The minimum Gasteiger partial charge on any atom is -0.319 e. The smallest absolute Gasteiger partial charge is 0.157 e. The number of pyridine rings is 1. The Balaban J connectivity index is 2.78. The minimum atomic E-state index is -0.692. The topological polar surface area (TPSA) is 56.0 Å². The molecule has 0 saturated carbocycles. The van der Waals surface area contributed by atoms with E-state index >= 15 is 0 Å². The maximum absolute atomic E-state index is 12.0. The maximum Gasteiger partial charge on any atom is 0.157 e. The summed E-state index contributed by atoms with van der Waals surface area (Å²) >= 11 is 3.33. The number of nitrogens with zero attached hydrogens (tertiary/aromatic N) is 1. The molecular formula is C12H17BrN2O. The molecule has 88 valence electrons. The average Bonchev–Trinajstić information content (AvgIpc) is 2.28. The van der Waals surface area contributed by atoms with E-state index in [9.17, 15) is 4.79 Å². The second kappa shape index (κ2) is 5.55. The van der Waals surface area contributed by atoms with E-state index in [1.807, 2.05) is 19.9 Å². The molecule has 0 bridgehead atoms. The van der Waals surface area contributed by atoms with Gasteiger partial charge in [-0.05, 0) is 40.4 Å². The van der Waals surface area contributed by atoms with Gasteiger partial charge < -0.3 is 5.73 Å². The molecule has 1 rings (SSSR count). The number of nitrogens with two attached hydrogens (primary N) is 1. The van der Waals surface area contributed by atoms with Gasteiger partial charge >= 0.3 is 0 Å². The molecule has 4 heteroatoms. The van der Waals surface area contributed by atoms with Crippen molar-refractivity contribution < 1.29 is 4.79 Å². The Bertz CT molecular complexity index is 375. The highest BCUT2D eigenvalue weighted by Gasteiger charge is 2.29. The molecule has 0 aromatic carbocycles. The first-order valence-electron chi connectivity index (χ1n) is 5.43. The number of halogens is 1. The summed E-state index contributed by atoms with van der Waals surface area (Å²) in [4.78, 5) is 16.1. The van der Waals surface area contributed by atoms with Gasteiger partial charge in [0.1, 0.15) is 0 Å². The van der Waals surface area contributed by atoms with Crippen molar-refractivity contribution in [1.82, 2.24) is 4.98 Å². The lowest BCUT2D eigenvalue weighted by Gasteiger charge is -2.24. The molecule has 0 atom stereocenters. The van der Waals surface area contributed by atoms with Gasteiger partial charge in [0.2, 0.25) is 0 Å². The summed E-state index contributed by atoms with van der Waals surface area (Å²) in [6.07, 6.45) is 5.09. The summed E-state index contributed by atoms with van der Waals surface area (Å²) in [5, 5.41) is 0. The number of rotatable bonds is 5. The Morgan fingerprint density at radius 1 is 1.44 bits per heavy atom. The van der Waals surface area contributed by atoms with Crippen LogP contribution in [0.5, 0.6) is 0 Å². The highest BCUT2D eigenvalue weighted by Crippen LogP contribution is 2.17. The highest BCUT2D eigenvalue weighted by molar-refractivity contribution is 9.10. The fourth-order valence-electron chi connectivity index (χ4n) is 1.56. The quantitative estimate of drug-likeness (QED) is 0.904. The van der Waals surface area contributed by atoms with E-state index in [2.05, 4.69) is 20.9 Å². The minimum absolute atomic E-state index is 0.0809. The number of carbonyl (C=O) groups is 1. The molecule has 0 radical (unpaired) electrons. The fourth-order valence-corrected chi connectivity index (χ4v) is 1.97. The third-order valence-corrected chi connectivity index (χ3v) is 3.38. The first-order chi connectivity index (χ1) is 7.51. The lowest BCUT2D eigenvalue weighted by molar-refractivity contribution is -0.123. The first kappa shape index (κ1) is 13.3. The van der Waals surface area contributed by atoms with E-state index in [1.54, 1.807) is 12.4 Å². The van der Waals surface area contributed by atoms with Crippen molar-refractivity contribution >= 4 is 21.7 Å². The summed E-state index contributed by atoms with van der Waals surface area (Å²) in [6, 6.07) is 1.90. The molecule has 2 N–H and O–H groups in total. The van der Waals surface area contributed by atoms with E-state index in [-0.39, 0.29) is 5.78 Å². The largest absolute Gasteiger partial charge is 0.319 e. The summed E-state index contributed by atoms with van der Waals surface area (Å²) in [6.45, 7) is 3.89. The van der Waals surface area contributed by atoms with Gasteiger partial charge in [-0.25, -0.2) is 0 Å². The molecule has 0 fully saturated rings. The summed E-state index contributed by atoms with van der Waals surface area (Å²) in [7, 11) is 0. The van der Waals surface area contributed by atoms with Gasteiger partial charge in [-0.1, -0.05) is 13.8 Å². The zero-order valence-corrected chi connectivity index (χ0v) is 11.3. The third kappa shape index (κ3) is 3.12. The van der Waals surface area contributed by atoms with E-state index in [0.717, 1.165) is 10.0 Å². The van der Waals surface area contributed by atoms with Crippen molar-refractivity contribution in [1.29, 1.82) is 0 Å². The van der Waals surface area contributed by atoms with Gasteiger partial charge in [0.25, 0.3) is 0 Å². The highest BCUT2D eigenvalue weighted by atomic mass is 79.9. The zero-order valence-electron chi connectivity index (χ0n) is 9.66. The van der Waals surface area contributed by atoms with Crippen LogP contribution in [-0.4, -0.2) is 16.3 Å². The van der Waals surface area contributed by atoms with Crippen LogP contribution >= 0.6 is 15.9 Å². The number of hydrogen-bond acceptors (Lipinski definition) is 3.